The molecule has 2 unspecified atom stereocenters. The Morgan fingerprint density at radius 1 is 1.20 bits per heavy atom. The van der Waals surface area contributed by atoms with Crippen LogP contribution in [0.25, 0.3) is 0 Å². The number of fused-ring (bicyclic) bond motifs is 1. The van der Waals surface area contributed by atoms with Gasteiger partial charge in [-0.2, -0.15) is 13.2 Å². The Hall–Kier alpha value is -1.96. The quantitative estimate of drug-likeness (QED) is 0.749. The Labute approximate surface area is 178 Å². The van der Waals surface area contributed by atoms with Crippen molar-refractivity contribution in [2.45, 2.75) is 25.1 Å². The number of ether oxygens (including phenoxy) is 2. The molecule has 30 heavy (non-hydrogen) atoms. The molecular formula is C22H23ClF3NO3. The van der Waals surface area contributed by atoms with Gasteiger partial charge in [-0.15, -0.1) is 0 Å². The van der Waals surface area contributed by atoms with Crippen molar-refractivity contribution in [3.63, 3.8) is 0 Å². The molecule has 0 aromatic heterocycles. The summed E-state index contributed by atoms with van der Waals surface area (Å²) in [5.74, 6) is 0.466. The Balaban J connectivity index is 1.58. The maximum absolute atomic E-state index is 13.2. The lowest BCUT2D eigenvalue weighted by atomic mass is 9.93. The summed E-state index contributed by atoms with van der Waals surface area (Å²) in [4.78, 5) is 2.19. The van der Waals surface area contributed by atoms with Crippen molar-refractivity contribution in [2.24, 2.45) is 5.92 Å². The van der Waals surface area contributed by atoms with Crippen LogP contribution in [0.15, 0.2) is 30.3 Å². The third-order valence-corrected chi connectivity index (χ3v) is 6.20. The average molecular weight is 442 g/mol. The van der Waals surface area contributed by atoms with Crippen molar-refractivity contribution >= 4 is 17.3 Å². The largest absolute Gasteiger partial charge is 0.495 e. The molecule has 0 saturated carbocycles. The zero-order valence-corrected chi connectivity index (χ0v) is 17.3. The highest BCUT2D eigenvalue weighted by molar-refractivity contribution is 6.31. The van der Waals surface area contributed by atoms with Crippen LogP contribution in [0, 0.1) is 5.92 Å². The smallest absolute Gasteiger partial charge is 0.417 e. The van der Waals surface area contributed by atoms with Crippen LogP contribution in [0.3, 0.4) is 0 Å². The second-order valence-corrected chi connectivity index (χ2v) is 8.15. The Bertz CT molecular complexity index is 929. The number of aliphatic hydroxyl groups is 1. The second-order valence-electron chi connectivity index (χ2n) is 7.75. The number of rotatable bonds is 4. The van der Waals surface area contributed by atoms with Crippen molar-refractivity contribution in [2.75, 3.05) is 38.3 Å². The first kappa shape index (κ1) is 21.3. The van der Waals surface area contributed by atoms with Crippen molar-refractivity contribution < 1.29 is 27.8 Å². The van der Waals surface area contributed by atoms with E-state index < -0.39 is 17.8 Å². The molecule has 162 valence electrons. The van der Waals surface area contributed by atoms with Gasteiger partial charge in [0.15, 0.2) is 0 Å². The first-order valence-corrected chi connectivity index (χ1v) is 10.2. The van der Waals surface area contributed by atoms with E-state index in [1.165, 1.54) is 6.07 Å². The molecule has 1 heterocycles. The second kappa shape index (κ2) is 8.29. The van der Waals surface area contributed by atoms with E-state index >= 15 is 0 Å². The minimum absolute atomic E-state index is 0.216. The van der Waals surface area contributed by atoms with Gasteiger partial charge in [-0.05, 0) is 59.7 Å². The third kappa shape index (κ3) is 4.11. The first-order valence-electron chi connectivity index (χ1n) is 9.85. The van der Waals surface area contributed by atoms with Gasteiger partial charge in [0.2, 0.25) is 0 Å². The van der Waals surface area contributed by atoms with Crippen LogP contribution in [-0.2, 0) is 23.8 Å². The van der Waals surface area contributed by atoms with Gasteiger partial charge in [-0.25, -0.2) is 0 Å². The summed E-state index contributed by atoms with van der Waals surface area (Å²) in [7, 11) is 1.59. The number of nitrogens with zero attached hydrogens (tertiary/aromatic N) is 1. The summed E-state index contributed by atoms with van der Waals surface area (Å²) in [6.07, 6.45) is -4.37. The molecule has 8 heteroatoms. The fourth-order valence-electron chi connectivity index (χ4n) is 4.35. The zero-order valence-electron chi connectivity index (χ0n) is 16.5. The monoisotopic (exact) mass is 441 g/mol. The highest BCUT2D eigenvalue weighted by Crippen LogP contribution is 2.44. The summed E-state index contributed by atoms with van der Waals surface area (Å²) >= 11 is 5.73. The van der Waals surface area contributed by atoms with E-state index in [0.29, 0.717) is 37.4 Å². The Morgan fingerprint density at radius 3 is 2.60 bits per heavy atom. The lowest BCUT2D eigenvalue weighted by Gasteiger charge is -2.30. The highest BCUT2D eigenvalue weighted by atomic mass is 35.5. The van der Waals surface area contributed by atoms with Crippen LogP contribution >= 0.6 is 11.6 Å². The van der Waals surface area contributed by atoms with Gasteiger partial charge >= 0.3 is 6.18 Å². The molecular weight excluding hydrogens is 419 g/mol. The first-order chi connectivity index (χ1) is 14.3. The summed E-state index contributed by atoms with van der Waals surface area (Å²) in [6.45, 7) is 2.80. The van der Waals surface area contributed by atoms with Gasteiger partial charge in [0.25, 0.3) is 0 Å². The molecule has 1 saturated heterocycles. The maximum atomic E-state index is 13.2. The molecule has 1 N–H and O–H groups in total. The van der Waals surface area contributed by atoms with Crippen molar-refractivity contribution in [3.8, 4) is 5.75 Å². The standard InChI is InChI=1S/C22H23ClF3NO3/c1-29-20-12-16-14(11-19(20)27-4-6-30-7-5-27)10-15(21(16)28)8-13-2-3-18(23)17(9-13)22(24,25)26/h2-3,9,11-12,15,21,28H,4-8,10H2,1H3. The molecule has 2 aromatic carbocycles. The molecule has 4 rings (SSSR count). The van der Waals surface area contributed by atoms with Crippen molar-refractivity contribution in [1.82, 2.24) is 0 Å². The average Bonchev–Trinajstić information content (AvgIpc) is 3.03. The minimum atomic E-state index is -4.51. The van der Waals surface area contributed by atoms with Crippen LogP contribution < -0.4 is 9.64 Å². The van der Waals surface area contributed by atoms with Gasteiger partial charge in [-0.1, -0.05) is 17.7 Å². The lowest BCUT2D eigenvalue weighted by Crippen LogP contribution is -2.36. The highest BCUT2D eigenvalue weighted by Gasteiger charge is 2.36. The van der Waals surface area contributed by atoms with Crippen LogP contribution in [0.1, 0.15) is 28.4 Å². The lowest BCUT2D eigenvalue weighted by molar-refractivity contribution is -0.137. The summed E-state index contributed by atoms with van der Waals surface area (Å²) in [5, 5.41) is 10.6. The molecule has 0 radical (unpaired) electrons. The van der Waals surface area contributed by atoms with Crippen LogP contribution in [0.5, 0.6) is 5.75 Å². The van der Waals surface area contributed by atoms with E-state index in [2.05, 4.69) is 4.90 Å². The fraction of sp³-hybridized carbons (Fsp3) is 0.455. The third-order valence-electron chi connectivity index (χ3n) is 5.87. The molecule has 1 aliphatic heterocycles. The maximum Gasteiger partial charge on any atom is 0.417 e. The number of halogens is 4. The van der Waals surface area contributed by atoms with Gasteiger partial charge in [-0.3, -0.25) is 0 Å². The number of hydrogen-bond acceptors (Lipinski definition) is 4. The predicted molar refractivity (Wildman–Crippen MR) is 108 cm³/mol. The molecule has 0 bridgehead atoms. The molecule has 1 aliphatic carbocycles. The summed E-state index contributed by atoms with van der Waals surface area (Å²) < 4.78 is 50.5. The van der Waals surface area contributed by atoms with E-state index in [-0.39, 0.29) is 10.9 Å². The fourth-order valence-corrected chi connectivity index (χ4v) is 4.57. The molecule has 2 aromatic rings. The van der Waals surface area contributed by atoms with Crippen LogP contribution in [0.4, 0.5) is 18.9 Å². The predicted octanol–water partition coefficient (Wildman–Crippen LogP) is 4.65. The van der Waals surface area contributed by atoms with E-state index in [4.69, 9.17) is 21.1 Å². The number of aliphatic hydroxyl groups excluding tert-OH is 1. The summed E-state index contributed by atoms with van der Waals surface area (Å²) in [5.41, 5.74) is 2.39. The van der Waals surface area contributed by atoms with E-state index in [9.17, 15) is 18.3 Å². The Kier molecular flexibility index (Phi) is 5.88. The number of methoxy groups -OCH3 is 1. The molecule has 0 spiro atoms. The molecule has 1 fully saturated rings. The van der Waals surface area contributed by atoms with Crippen LogP contribution in [0.2, 0.25) is 5.02 Å². The van der Waals surface area contributed by atoms with Gasteiger partial charge < -0.3 is 19.5 Å². The van der Waals surface area contributed by atoms with Crippen LogP contribution in [-0.4, -0.2) is 38.5 Å². The summed E-state index contributed by atoms with van der Waals surface area (Å²) in [6, 6.07) is 7.83. The van der Waals surface area contributed by atoms with Crippen molar-refractivity contribution in [3.05, 3.63) is 57.6 Å². The Morgan fingerprint density at radius 2 is 1.93 bits per heavy atom. The molecule has 2 atom stereocenters. The van der Waals surface area contributed by atoms with Gasteiger partial charge in [0, 0.05) is 13.1 Å². The van der Waals surface area contributed by atoms with Gasteiger partial charge in [0.1, 0.15) is 5.75 Å². The SMILES string of the molecule is COc1cc2c(cc1N1CCOCC1)CC(Cc1ccc(Cl)c(C(F)(F)F)c1)C2O. The number of benzene rings is 2. The number of anilines is 1. The van der Waals surface area contributed by atoms with E-state index in [0.717, 1.165) is 36.0 Å². The van der Waals surface area contributed by atoms with Gasteiger partial charge in [0.05, 0.1) is 42.7 Å². The number of hydrogen-bond donors (Lipinski definition) is 1. The van der Waals surface area contributed by atoms with E-state index in [1.54, 1.807) is 13.2 Å². The molecule has 4 nitrogen and oxygen atoms in total. The number of morpholine rings is 1. The molecule has 2 aliphatic rings. The molecule has 0 amide bonds. The van der Waals surface area contributed by atoms with E-state index in [1.807, 2.05) is 12.1 Å². The normalized spacial score (nSPS) is 21.6. The topological polar surface area (TPSA) is 41.9 Å². The zero-order chi connectivity index (χ0) is 21.5. The number of alkyl halides is 3. The van der Waals surface area contributed by atoms with Crippen molar-refractivity contribution in [1.29, 1.82) is 0 Å². The minimum Gasteiger partial charge on any atom is -0.495 e.